The molecule has 2 heterocycles. The van der Waals surface area contributed by atoms with E-state index in [1.54, 1.807) is 6.07 Å². The smallest absolute Gasteiger partial charge is 0.187 e. The van der Waals surface area contributed by atoms with Crippen LogP contribution in [0, 0.1) is 11.3 Å². The van der Waals surface area contributed by atoms with Crippen LogP contribution in [0.2, 0.25) is 0 Å². The molecular weight excluding hydrogens is 326 g/mol. The number of nitrogens with zero attached hydrogens (tertiary/aromatic N) is 3. The van der Waals surface area contributed by atoms with Gasteiger partial charge in [0.1, 0.15) is 5.82 Å². The summed E-state index contributed by atoms with van der Waals surface area (Å²) in [6.45, 7) is 1.44. The normalized spacial score (nSPS) is 17.9. The van der Waals surface area contributed by atoms with Gasteiger partial charge in [0, 0.05) is 25.1 Å². The van der Waals surface area contributed by atoms with Gasteiger partial charge in [0.25, 0.3) is 0 Å². The Morgan fingerprint density at radius 1 is 1.31 bits per heavy atom. The van der Waals surface area contributed by atoms with E-state index in [-0.39, 0.29) is 5.78 Å². The molecule has 0 saturated carbocycles. The minimum Gasteiger partial charge on any atom is -0.381 e. The summed E-state index contributed by atoms with van der Waals surface area (Å²) in [5.41, 5.74) is 3.34. The van der Waals surface area contributed by atoms with E-state index >= 15 is 0 Å². The first-order chi connectivity index (χ1) is 12.7. The van der Waals surface area contributed by atoms with E-state index in [1.165, 1.54) is 0 Å². The van der Waals surface area contributed by atoms with Crippen LogP contribution in [0.3, 0.4) is 0 Å². The summed E-state index contributed by atoms with van der Waals surface area (Å²) >= 11 is 0. The zero-order valence-corrected chi connectivity index (χ0v) is 14.6. The maximum atomic E-state index is 13.1. The number of imidazole rings is 1. The second-order valence-electron chi connectivity index (χ2n) is 6.63. The van der Waals surface area contributed by atoms with Crippen LogP contribution in [0.5, 0.6) is 0 Å². The predicted molar refractivity (Wildman–Crippen MR) is 98.0 cm³/mol. The van der Waals surface area contributed by atoms with Crippen molar-refractivity contribution in [3.8, 4) is 6.07 Å². The van der Waals surface area contributed by atoms with Gasteiger partial charge in [-0.05, 0) is 30.2 Å². The molecule has 0 N–H and O–H groups in total. The molecule has 4 rings (SSSR count). The van der Waals surface area contributed by atoms with E-state index in [4.69, 9.17) is 4.74 Å². The molecule has 1 aliphatic heterocycles. The lowest BCUT2D eigenvalue weighted by atomic mass is 9.92. The number of carbonyl (C=O) groups is 1. The van der Waals surface area contributed by atoms with Gasteiger partial charge in [-0.25, -0.2) is 4.98 Å². The molecule has 2 atom stereocenters. The second kappa shape index (κ2) is 6.74. The van der Waals surface area contributed by atoms with Gasteiger partial charge >= 0.3 is 0 Å². The van der Waals surface area contributed by atoms with Crippen molar-refractivity contribution in [1.29, 1.82) is 5.26 Å². The van der Waals surface area contributed by atoms with Crippen molar-refractivity contribution in [3.63, 3.8) is 0 Å². The molecule has 5 nitrogen and oxygen atoms in total. The van der Waals surface area contributed by atoms with E-state index in [2.05, 4.69) is 11.1 Å². The number of nitriles is 1. The highest BCUT2D eigenvalue weighted by Crippen LogP contribution is 2.28. The number of carbonyl (C=O) groups excluding carboxylic acids is 1. The van der Waals surface area contributed by atoms with Gasteiger partial charge in [0.2, 0.25) is 0 Å². The molecule has 2 aromatic carbocycles. The lowest BCUT2D eigenvalue weighted by Crippen LogP contribution is -2.16. The number of ketones is 1. The average Bonchev–Trinajstić information content (AvgIpc) is 3.32. The summed E-state index contributed by atoms with van der Waals surface area (Å²) in [7, 11) is 1.84. The fraction of sp³-hybridized carbons (Fsp3) is 0.286. The molecule has 3 aromatic rings. The second-order valence-corrected chi connectivity index (χ2v) is 6.63. The first-order valence-corrected chi connectivity index (χ1v) is 8.72. The Morgan fingerprint density at radius 2 is 2.15 bits per heavy atom. The van der Waals surface area contributed by atoms with Crippen molar-refractivity contribution in [2.24, 2.45) is 7.05 Å². The third-order valence-corrected chi connectivity index (χ3v) is 5.04. The summed E-state index contributed by atoms with van der Waals surface area (Å²) in [4.78, 5) is 17.6. The van der Waals surface area contributed by atoms with Crippen molar-refractivity contribution in [2.75, 3.05) is 13.2 Å². The Labute approximate surface area is 151 Å². The van der Waals surface area contributed by atoms with Crippen molar-refractivity contribution in [3.05, 3.63) is 65.5 Å². The molecule has 1 aromatic heterocycles. The summed E-state index contributed by atoms with van der Waals surface area (Å²) in [5, 5.41) is 9.70. The Bertz CT molecular complexity index is 1010. The van der Waals surface area contributed by atoms with E-state index in [9.17, 15) is 10.1 Å². The Morgan fingerprint density at radius 3 is 2.88 bits per heavy atom. The Hall–Kier alpha value is -2.97. The molecule has 0 aliphatic carbocycles. The van der Waals surface area contributed by atoms with Crippen LogP contribution < -0.4 is 0 Å². The molecule has 5 heteroatoms. The molecule has 1 fully saturated rings. The van der Waals surface area contributed by atoms with E-state index in [0.717, 1.165) is 29.6 Å². The van der Waals surface area contributed by atoms with Gasteiger partial charge in [0.05, 0.1) is 23.7 Å². The Balaban J connectivity index is 1.70. The molecule has 0 amide bonds. The van der Waals surface area contributed by atoms with Crippen molar-refractivity contribution < 1.29 is 9.53 Å². The van der Waals surface area contributed by atoms with Gasteiger partial charge in [-0.3, -0.25) is 4.79 Å². The van der Waals surface area contributed by atoms with Crippen LogP contribution in [-0.4, -0.2) is 28.5 Å². The molecular formula is C21H19N3O2. The number of benzene rings is 2. The van der Waals surface area contributed by atoms with Gasteiger partial charge in [-0.2, -0.15) is 5.26 Å². The van der Waals surface area contributed by atoms with E-state index < -0.39 is 5.92 Å². The van der Waals surface area contributed by atoms with Gasteiger partial charge in [-0.1, -0.05) is 30.3 Å². The monoisotopic (exact) mass is 345 g/mol. The first kappa shape index (κ1) is 16.5. The molecule has 130 valence electrons. The maximum Gasteiger partial charge on any atom is 0.187 e. The number of para-hydroxylation sites is 2. The van der Waals surface area contributed by atoms with E-state index in [0.29, 0.717) is 23.9 Å². The minimum atomic E-state index is -0.928. The number of ether oxygens (including phenoxy) is 1. The summed E-state index contributed by atoms with van der Waals surface area (Å²) in [5.74, 6) is -0.346. The maximum absolute atomic E-state index is 13.1. The van der Waals surface area contributed by atoms with Crippen LogP contribution in [-0.2, 0) is 11.8 Å². The van der Waals surface area contributed by atoms with Crippen molar-refractivity contribution in [2.45, 2.75) is 18.3 Å². The van der Waals surface area contributed by atoms with Gasteiger partial charge < -0.3 is 9.30 Å². The quantitative estimate of drug-likeness (QED) is 0.678. The molecule has 0 unspecified atom stereocenters. The van der Waals surface area contributed by atoms with E-state index in [1.807, 2.05) is 54.1 Å². The van der Waals surface area contributed by atoms with Gasteiger partial charge in [-0.15, -0.1) is 0 Å². The highest BCUT2D eigenvalue weighted by molar-refractivity contribution is 6.02. The average molecular weight is 345 g/mol. The number of hydrogen-bond acceptors (Lipinski definition) is 4. The number of aromatic nitrogens is 2. The number of Topliss-reactive ketones (excluding diaryl/α,β-unsaturated/α-hetero) is 1. The predicted octanol–water partition coefficient (Wildman–Crippen LogP) is 3.57. The SMILES string of the molecule is Cn1c([C@H](C#N)C(=O)c2cccc([C@H]3CCOC3)c2)nc2ccccc21. The lowest BCUT2D eigenvalue weighted by molar-refractivity contribution is 0.0975. The highest BCUT2D eigenvalue weighted by Gasteiger charge is 2.28. The third-order valence-electron chi connectivity index (χ3n) is 5.04. The fourth-order valence-corrected chi connectivity index (χ4v) is 3.57. The van der Waals surface area contributed by atoms with Crippen LogP contribution in [0.25, 0.3) is 11.0 Å². The molecule has 0 bridgehead atoms. The molecule has 0 spiro atoms. The van der Waals surface area contributed by atoms with Crippen LogP contribution in [0.15, 0.2) is 48.5 Å². The van der Waals surface area contributed by atoms with Gasteiger partial charge in [0.15, 0.2) is 11.7 Å². The fourth-order valence-electron chi connectivity index (χ4n) is 3.57. The molecule has 1 saturated heterocycles. The lowest BCUT2D eigenvalue weighted by Gasteiger charge is -2.12. The summed E-state index contributed by atoms with van der Waals surface area (Å²) in [6.07, 6.45) is 0.962. The van der Waals surface area contributed by atoms with Crippen molar-refractivity contribution in [1.82, 2.24) is 9.55 Å². The summed E-state index contributed by atoms with van der Waals surface area (Å²) < 4.78 is 7.28. The zero-order chi connectivity index (χ0) is 18.1. The summed E-state index contributed by atoms with van der Waals surface area (Å²) in [6, 6.07) is 17.4. The van der Waals surface area contributed by atoms with Crippen LogP contribution >= 0.6 is 0 Å². The number of aryl methyl sites for hydroxylation is 1. The number of fused-ring (bicyclic) bond motifs is 1. The minimum absolute atomic E-state index is 0.216. The molecule has 1 aliphatic rings. The largest absolute Gasteiger partial charge is 0.381 e. The number of hydrogen-bond donors (Lipinski definition) is 0. The van der Waals surface area contributed by atoms with Crippen LogP contribution in [0.4, 0.5) is 0 Å². The first-order valence-electron chi connectivity index (χ1n) is 8.72. The molecule has 26 heavy (non-hydrogen) atoms. The van der Waals surface area contributed by atoms with Crippen LogP contribution in [0.1, 0.15) is 40.0 Å². The molecule has 0 radical (unpaired) electrons. The highest BCUT2D eigenvalue weighted by atomic mass is 16.5. The number of rotatable bonds is 4. The zero-order valence-electron chi connectivity index (χ0n) is 14.6. The van der Waals surface area contributed by atoms with Crippen molar-refractivity contribution >= 4 is 16.8 Å². The standard InChI is InChI=1S/C21H19N3O2/c1-24-19-8-3-2-7-18(19)23-21(24)17(12-22)20(25)15-6-4-5-14(11-15)16-9-10-26-13-16/h2-8,11,16-17H,9-10,13H2,1H3/t16-,17+/m0/s1. The Kier molecular flexibility index (Phi) is 4.27. The topological polar surface area (TPSA) is 67.9 Å². The third kappa shape index (κ3) is 2.79.